The summed E-state index contributed by atoms with van der Waals surface area (Å²) in [6.07, 6.45) is 1.81. The summed E-state index contributed by atoms with van der Waals surface area (Å²) in [7, 11) is 0. The molecular formula is C56H44O. The van der Waals surface area contributed by atoms with Crippen LogP contribution in [0.1, 0.15) is 65.4 Å². The highest BCUT2D eigenvalue weighted by molar-refractivity contribution is 6.25. The SMILES string of the molecule is [2H]c1c([2H])c([2H])c2c(-c3c4ccccc4c(-c4c(-c5ccccc5)ccc5c4C(C)(C)CCC5(C)C)c4c([2H])c([2H])c([2H])c([2H])c34)c([2H])c([2H])c(-c3cccc4c3oc3ccccc34)c2c1[2H]. The van der Waals surface area contributed by atoms with Gasteiger partial charge in [-0.3, -0.25) is 0 Å². The number of benzene rings is 9. The van der Waals surface area contributed by atoms with E-state index in [0.717, 1.165) is 51.4 Å². The van der Waals surface area contributed by atoms with E-state index in [4.69, 9.17) is 7.16 Å². The normalized spacial score (nSPS) is 17.3. The fraction of sp³-hybridized carbons (Fsp3) is 0.143. The Labute approximate surface area is 348 Å². The lowest BCUT2D eigenvalue weighted by Gasteiger charge is -2.44. The lowest BCUT2D eigenvalue weighted by atomic mass is 9.60. The molecule has 0 amide bonds. The fourth-order valence-corrected chi connectivity index (χ4v) is 9.54. The first-order valence-corrected chi connectivity index (χ1v) is 19.6. The van der Waals surface area contributed by atoms with E-state index in [1.807, 2.05) is 72.8 Å². The smallest absolute Gasteiger partial charge is 0.143 e. The van der Waals surface area contributed by atoms with Gasteiger partial charge in [-0.2, -0.15) is 0 Å². The van der Waals surface area contributed by atoms with Gasteiger partial charge < -0.3 is 4.42 Å². The number of para-hydroxylation sites is 2. The second kappa shape index (κ2) is 12.5. The standard InChI is InChI=1S/C56H44O/c1-55(2)33-34-56(3,4)53-48(55)32-31-36(35-17-6-5-7-18-35)52(53)51-43-24-12-10-22-41(43)50(42-23-11-13-25-44(42)51)45-30-29-39(37-19-8-9-20-38(37)45)46-26-16-27-47-40-21-14-15-28-49(40)57-54(46)47/h5-32H,33-34H2,1-4H3/i8D,9D,10D,12D,19D,20D,22D,24D,29D,30D. The molecule has 1 aliphatic carbocycles. The van der Waals surface area contributed by atoms with E-state index < -0.39 is 36.3 Å². The fourth-order valence-electron chi connectivity index (χ4n) is 9.54. The van der Waals surface area contributed by atoms with Gasteiger partial charge >= 0.3 is 0 Å². The van der Waals surface area contributed by atoms with Crippen molar-refractivity contribution in [2.75, 3.05) is 0 Å². The third-order valence-corrected chi connectivity index (χ3v) is 12.4. The Morgan fingerprint density at radius 1 is 0.421 bits per heavy atom. The molecule has 0 saturated carbocycles. The monoisotopic (exact) mass is 742 g/mol. The molecule has 10 aromatic rings. The van der Waals surface area contributed by atoms with Crippen molar-refractivity contribution in [3.63, 3.8) is 0 Å². The molecule has 0 radical (unpaired) electrons. The predicted molar refractivity (Wildman–Crippen MR) is 243 cm³/mol. The van der Waals surface area contributed by atoms with Crippen LogP contribution in [0.15, 0.2) is 174 Å². The van der Waals surface area contributed by atoms with Crippen LogP contribution in [-0.2, 0) is 10.8 Å². The summed E-state index contributed by atoms with van der Waals surface area (Å²) in [6, 6.07) is 30.7. The van der Waals surface area contributed by atoms with Crippen molar-refractivity contribution in [3.8, 4) is 44.5 Å². The predicted octanol–water partition coefficient (Wildman–Crippen LogP) is 16.1. The van der Waals surface area contributed by atoms with Crippen molar-refractivity contribution >= 4 is 54.3 Å². The van der Waals surface area contributed by atoms with E-state index in [1.54, 1.807) is 12.1 Å². The van der Waals surface area contributed by atoms with Crippen molar-refractivity contribution in [2.45, 2.75) is 51.4 Å². The van der Waals surface area contributed by atoms with Crippen LogP contribution in [0.5, 0.6) is 0 Å². The minimum absolute atomic E-state index is 0.00424. The molecular weight excluding hydrogens is 689 g/mol. The van der Waals surface area contributed by atoms with Crippen LogP contribution in [0.4, 0.5) is 0 Å². The van der Waals surface area contributed by atoms with Gasteiger partial charge in [0.15, 0.2) is 0 Å². The first-order valence-electron chi connectivity index (χ1n) is 24.6. The third kappa shape index (κ3) is 5.08. The Morgan fingerprint density at radius 3 is 1.75 bits per heavy atom. The second-order valence-electron chi connectivity index (χ2n) is 16.6. The van der Waals surface area contributed by atoms with E-state index in [9.17, 15) is 11.0 Å². The van der Waals surface area contributed by atoms with Crippen LogP contribution in [0.25, 0.3) is 98.8 Å². The van der Waals surface area contributed by atoms with E-state index in [1.165, 1.54) is 0 Å². The third-order valence-electron chi connectivity index (χ3n) is 12.4. The Bertz CT molecular complexity index is 3810. The first-order chi connectivity index (χ1) is 32.0. The highest BCUT2D eigenvalue weighted by Crippen LogP contribution is 2.55. The zero-order valence-corrected chi connectivity index (χ0v) is 32.2. The number of hydrogen-bond donors (Lipinski definition) is 0. The van der Waals surface area contributed by atoms with Gasteiger partial charge in [-0.1, -0.05) is 191 Å². The molecule has 1 heteroatoms. The van der Waals surface area contributed by atoms with E-state index >= 15 is 0 Å². The van der Waals surface area contributed by atoms with Crippen molar-refractivity contribution in [2.24, 2.45) is 0 Å². The van der Waals surface area contributed by atoms with Gasteiger partial charge in [0.1, 0.15) is 11.2 Å². The maximum absolute atomic E-state index is 10.1. The van der Waals surface area contributed by atoms with Crippen molar-refractivity contribution in [1.29, 1.82) is 0 Å². The summed E-state index contributed by atoms with van der Waals surface area (Å²) < 4.78 is 102. The Hall–Kier alpha value is -6.44. The zero-order chi connectivity index (χ0) is 47.2. The van der Waals surface area contributed by atoms with Gasteiger partial charge in [-0.25, -0.2) is 0 Å². The molecule has 1 aromatic heterocycles. The molecule has 1 heterocycles. The molecule has 274 valence electrons. The number of fused-ring (bicyclic) bond motifs is 7. The molecule has 0 saturated heterocycles. The van der Waals surface area contributed by atoms with Crippen LogP contribution in [0.2, 0.25) is 0 Å². The average molecular weight is 743 g/mol. The van der Waals surface area contributed by atoms with E-state index in [-0.39, 0.29) is 73.2 Å². The summed E-state index contributed by atoms with van der Waals surface area (Å²) >= 11 is 0. The lowest BCUT2D eigenvalue weighted by Crippen LogP contribution is -2.34. The van der Waals surface area contributed by atoms with Crippen LogP contribution >= 0.6 is 0 Å². The summed E-state index contributed by atoms with van der Waals surface area (Å²) in [5.41, 5.74) is 6.61. The second-order valence-corrected chi connectivity index (χ2v) is 16.6. The highest BCUT2D eigenvalue weighted by Gasteiger charge is 2.40. The van der Waals surface area contributed by atoms with Crippen molar-refractivity contribution in [1.82, 2.24) is 0 Å². The number of furan rings is 1. The van der Waals surface area contributed by atoms with E-state index in [0.29, 0.717) is 33.1 Å². The van der Waals surface area contributed by atoms with Crippen LogP contribution in [-0.4, -0.2) is 0 Å². The van der Waals surface area contributed by atoms with Gasteiger partial charge in [0.2, 0.25) is 0 Å². The lowest BCUT2D eigenvalue weighted by molar-refractivity contribution is 0.333. The molecule has 0 fully saturated rings. The minimum atomic E-state index is -0.538. The Morgan fingerprint density at radius 2 is 1.00 bits per heavy atom. The van der Waals surface area contributed by atoms with Gasteiger partial charge in [0.25, 0.3) is 0 Å². The van der Waals surface area contributed by atoms with Crippen LogP contribution in [0, 0.1) is 0 Å². The average Bonchev–Trinajstić information content (AvgIpc) is 3.72. The van der Waals surface area contributed by atoms with Crippen molar-refractivity contribution < 1.29 is 18.1 Å². The minimum Gasteiger partial charge on any atom is -0.455 e. The van der Waals surface area contributed by atoms with Gasteiger partial charge in [0.05, 0.1) is 13.7 Å². The maximum Gasteiger partial charge on any atom is 0.143 e. The first kappa shape index (κ1) is 24.9. The molecule has 0 unspecified atom stereocenters. The summed E-state index contributed by atoms with van der Waals surface area (Å²) in [4.78, 5) is 0. The molecule has 11 rings (SSSR count). The number of hydrogen-bond acceptors (Lipinski definition) is 1. The summed E-state index contributed by atoms with van der Waals surface area (Å²) in [5.74, 6) is 0. The van der Waals surface area contributed by atoms with Gasteiger partial charge in [-0.05, 0) is 112 Å². The number of rotatable bonds is 4. The van der Waals surface area contributed by atoms with Crippen LogP contribution in [0.3, 0.4) is 0 Å². The molecule has 0 bridgehead atoms. The van der Waals surface area contributed by atoms with Gasteiger partial charge in [0, 0.05) is 16.3 Å². The molecule has 0 N–H and O–H groups in total. The Balaban J connectivity index is 1.39. The molecule has 0 spiro atoms. The van der Waals surface area contributed by atoms with Crippen LogP contribution < -0.4 is 0 Å². The molecule has 0 aliphatic heterocycles. The highest BCUT2D eigenvalue weighted by atomic mass is 16.3. The summed E-state index contributed by atoms with van der Waals surface area (Å²) in [5, 5.41) is 3.00. The molecule has 0 atom stereocenters. The molecule has 1 aliphatic rings. The Kier molecular flexibility index (Phi) is 5.48. The topological polar surface area (TPSA) is 13.1 Å². The van der Waals surface area contributed by atoms with Crippen molar-refractivity contribution in [3.05, 3.63) is 181 Å². The zero-order valence-electron chi connectivity index (χ0n) is 42.2. The quantitative estimate of drug-likeness (QED) is 0.164. The molecule has 9 aromatic carbocycles. The molecule has 57 heavy (non-hydrogen) atoms. The van der Waals surface area contributed by atoms with E-state index in [2.05, 4.69) is 52.0 Å². The maximum atomic E-state index is 10.1. The molecule has 1 nitrogen and oxygen atoms in total. The van der Waals surface area contributed by atoms with Gasteiger partial charge in [-0.15, -0.1) is 0 Å². The summed E-state index contributed by atoms with van der Waals surface area (Å²) in [6.45, 7) is 8.97. The largest absolute Gasteiger partial charge is 0.455 e.